The summed E-state index contributed by atoms with van der Waals surface area (Å²) in [5.74, 6) is 0.700. The van der Waals surface area contributed by atoms with Gasteiger partial charge in [-0.3, -0.25) is 0 Å². The minimum Gasteiger partial charge on any atom is -0.378 e. The monoisotopic (exact) mass is 337 g/mol. The molecule has 25 heavy (non-hydrogen) atoms. The summed E-state index contributed by atoms with van der Waals surface area (Å²) in [5.41, 5.74) is 4.33. The average molecular weight is 337 g/mol. The highest BCUT2D eigenvalue weighted by Crippen LogP contribution is 2.21. The Morgan fingerprint density at radius 1 is 1.08 bits per heavy atom. The number of fused-ring (bicyclic) bond motifs is 1. The largest absolute Gasteiger partial charge is 0.378 e. The summed E-state index contributed by atoms with van der Waals surface area (Å²) >= 11 is 0. The van der Waals surface area contributed by atoms with Crippen molar-refractivity contribution in [2.45, 2.75) is 26.3 Å². The van der Waals surface area contributed by atoms with Gasteiger partial charge in [-0.15, -0.1) is 10.2 Å². The maximum atomic E-state index is 5.42. The molecule has 3 aromatic rings. The van der Waals surface area contributed by atoms with E-state index in [0.29, 0.717) is 19.2 Å². The zero-order valence-electron chi connectivity index (χ0n) is 14.6. The lowest BCUT2D eigenvalue weighted by atomic mass is 10.2. The van der Waals surface area contributed by atoms with Crippen LogP contribution in [0.1, 0.15) is 24.6 Å². The fourth-order valence-corrected chi connectivity index (χ4v) is 3.28. The van der Waals surface area contributed by atoms with Crippen LogP contribution >= 0.6 is 0 Å². The molecule has 1 aliphatic heterocycles. The topological polar surface area (TPSA) is 56.1 Å². The minimum absolute atomic E-state index is 0.700. The standard InChI is InChI=1S/C19H23N5O/c1-2-6-16-13-17-18(24(16)14-15-7-4-3-5-8-15)20-19(22-21-17)23-9-11-25-12-10-23/h3-5,7-8,13H,2,6,9-12,14H2,1H3. The van der Waals surface area contributed by atoms with Gasteiger partial charge in [-0.1, -0.05) is 43.7 Å². The van der Waals surface area contributed by atoms with Gasteiger partial charge in [0.25, 0.3) is 0 Å². The van der Waals surface area contributed by atoms with E-state index in [1.54, 1.807) is 0 Å². The molecule has 0 atom stereocenters. The molecule has 0 N–H and O–H groups in total. The first-order chi connectivity index (χ1) is 12.3. The van der Waals surface area contributed by atoms with E-state index in [9.17, 15) is 0 Å². The Labute approximate surface area is 147 Å². The summed E-state index contributed by atoms with van der Waals surface area (Å²) in [7, 11) is 0. The van der Waals surface area contributed by atoms with E-state index < -0.39 is 0 Å². The molecule has 0 spiro atoms. The maximum absolute atomic E-state index is 5.42. The van der Waals surface area contributed by atoms with Crippen LogP contribution in [0.2, 0.25) is 0 Å². The Morgan fingerprint density at radius 3 is 2.64 bits per heavy atom. The molecule has 6 heteroatoms. The van der Waals surface area contributed by atoms with Gasteiger partial charge in [-0.25, -0.2) is 0 Å². The summed E-state index contributed by atoms with van der Waals surface area (Å²) < 4.78 is 7.71. The van der Waals surface area contributed by atoms with E-state index >= 15 is 0 Å². The first kappa shape index (κ1) is 16.0. The Bertz CT molecular complexity index is 840. The normalized spacial score (nSPS) is 15.0. The van der Waals surface area contributed by atoms with Gasteiger partial charge in [0.1, 0.15) is 5.52 Å². The molecule has 130 valence electrons. The van der Waals surface area contributed by atoms with E-state index in [1.807, 2.05) is 6.07 Å². The number of rotatable bonds is 5. The van der Waals surface area contributed by atoms with Crippen molar-refractivity contribution in [2.24, 2.45) is 0 Å². The second kappa shape index (κ2) is 7.19. The molecule has 6 nitrogen and oxygen atoms in total. The van der Waals surface area contributed by atoms with Crippen LogP contribution in [0.15, 0.2) is 36.4 Å². The van der Waals surface area contributed by atoms with Gasteiger partial charge in [-0.2, -0.15) is 4.98 Å². The Kier molecular flexibility index (Phi) is 4.61. The van der Waals surface area contributed by atoms with Crippen molar-refractivity contribution < 1.29 is 4.74 Å². The number of hydrogen-bond acceptors (Lipinski definition) is 5. The van der Waals surface area contributed by atoms with Crippen LogP contribution in [-0.2, 0) is 17.7 Å². The molecular formula is C19H23N5O. The lowest BCUT2D eigenvalue weighted by Gasteiger charge is -2.26. The molecule has 0 unspecified atom stereocenters. The van der Waals surface area contributed by atoms with Crippen LogP contribution in [0.3, 0.4) is 0 Å². The van der Waals surface area contributed by atoms with Gasteiger partial charge in [0.05, 0.1) is 13.2 Å². The van der Waals surface area contributed by atoms with Gasteiger partial charge < -0.3 is 14.2 Å². The van der Waals surface area contributed by atoms with Crippen molar-refractivity contribution in [3.8, 4) is 0 Å². The van der Waals surface area contributed by atoms with Gasteiger partial charge in [0, 0.05) is 25.3 Å². The van der Waals surface area contributed by atoms with Gasteiger partial charge in [-0.05, 0) is 18.1 Å². The average Bonchev–Trinajstić information content (AvgIpc) is 3.00. The molecule has 1 aliphatic rings. The first-order valence-electron chi connectivity index (χ1n) is 8.94. The summed E-state index contributed by atoms with van der Waals surface area (Å²) in [6, 6.07) is 12.6. The van der Waals surface area contributed by atoms with E-state index in [0.717, 1.165) is 43.6 Å². The van der Waals surface area contributed by atoms with Crippen LogP contribution in [0, 0.1) is 0 Å². The maximum Gasteiger partial charge on any atom is 0.247 e. The smallest absolute Gasteiger partial charge is 0.247 e. The summed E-state index contributed by atoms with van der Waals surface area (Å²) in [6.45, 7) is 6.06. The number of hydrogen-bond donors (Lipinski definition) is 0. The lowest BCUT2D eigenvalue weighted by Crippen LogP contribution is -2.37. The molecule has 0 amide bonds. The highest BCUT2D eigenvalue weighted by atomic mass is 16.5. The highest BCUT2D eigenvalue weighted by Gasteiger charge is 2.18. The van der Waals surface area contributed by atoms with E-state index in [2.05, 4.69) is 56.9 Å². The number of morpholine rings is 1. The van der Waals surface area contributed by atoms with Crippen LogP contribution in [-0.4, -0.2) is 46.1 Å². The Hall–Kier alpha value is -2.47. The van der Waals surface area contributed by atoms with Crippen molar-refractivity contribution in [2.75, 3.05) is 31.2 Å². The number of nitrogens with zero attached hydrogens (tertiary/aromatic N) is 5. The third-order valence-electron chi connectivity index (χ3n) is 4.57. The fraction of sp³-hybridized carbons (Fsp3) is 0.421. The predicted octanol–water partition coefficient (Wildman–Crippen LogP) is 2.66. The Balaban J connectivity index is 1.75. The molecular weight excluding hydrogens is 314 g/mol. The molecule has 3 heterocycles. The van der Waals surface area contributed by atoms with Crippen LogP contribution in [0.4, 0.5) is 5.95 Å². The molecule has 4 rings (SSSR count). The molecule has 0 bridgehead atoms. The van der Waals surface area contributed by atoms with E-state index in [4.69, 9.17) is 9.72 Å². The second-order valence-electron chi connectivity index (χ2n) is 6.38. The van der Waals surface area contributed by atoms with Gasteiger partial charge in [0.15, 0.2) is 5.65 Å². The van der Waals surface area contributed by atoms with Crippen molar-refractivity contribution in [3.63, 3.8) is 0 Å². The number of aryl methyl sites for hydroxylation is 1. The minimum atomic E-state index is 0.700. The molecule has 2 aromatic heterocycles. The van der Waals surface area contributed by atoms with Crippen molar-refractivity contribution in [3.05, 3.63) is 47.7 Å². The number of aromatic nitrogens is 4. The quantitative estimate of drug-likeness (QED) is 0.716. The van der Waals surface area contributed by atoms with Crippen LogP contribution in [0.25, 0.3) is 11.2 Å². The zero-order valence-corrected chi connectivity index (χ0v) is 14.6. The molecule has 1 fully saturated rings. The number of anilines is 1. The third-order valence-corrected chi connectivity index (χ3v) is 4.57. The summed E-state index contributed by atoms with van der Waals surface area (Å²) in [5, 5.41) is 8.79. The third kappa shape index (κ3) is 3.35. The predicted molar refractivity (Wildman–Crippen MR) is 97.9 cm³/mol. The van der Waals surface area contributed by atoms with Gasteiger partial charge >= 0.3 is 0 Å². The molecule has 1 aromatic carbocycles. The molecule has 0 aliphatic carbocycles. The van der Waals surface area contributed by atoms with E-state index in [-0.39, 0.29) is 0 Å². The summed E-state index contributed by atoms with van der Waals surface area (Å²) in [4.78, 5) is 7.01. The number of ether oxygens (including phenoxy) is 1. The molecule has 0 radical (unpaired) electrons. The highest BCUT2D eigenvalue weighted by molar-refractivity contribution is 5.73. The fourth-order valence-electron chi connectivity index (χ4n) is 3.28. The second-order valence-corrected chi connectivity index (χ2v) is 6.38. The van der Waals surface area contributed by atoms with Crippen LogP contribution < -0.4 is 4.90 Å². The first-order valence-corrected chi connectivity index (χ1v) is 8.94. The van der Waals surface area contributed by atoms with Gasteiger partial charge in [0.2, 0.25) is 5.95 Å². The van der Waals surface area contributed by atoms with Crippen molar-refractivity contribution in [1.29, 1.82) is 0 Å². The van der Waals surface area contributed by atoms with Crippen molar-refractivity contribution in [1.82, 2.24) is 19.7 Å². The lowest BCUT2D eigenvalue weighted by molar-refractivity contribution is 0.122. The SMILES string of the molecule is CCCc1cc2nnc(N3CCOCC3)nc2n1Cc1ccccc1. The zero-order chi connectivity index (χ0) is 17.1. The Morgan fingerprint density at radius 2 is 1.88 bits per heavy atom. The molecule has 0 saturated carbocycles. The van der Waals surface area contributed by atoms with E-state index in [1.165, 1.54) is 11.3 Å². The summed E-state index contributed by atoms with van der Waals surface area (Å²) in [6.07, 6.45) is 2.10. The van der Waals surface area contributed by atoms with Crippen molar-refractivity contribution >= 4 is 17.1 Å². The van der Waals surface area contributed by atoms with Crippen LogP contribution in [0.5, 0.6) is 0 Å². The molecule has 1 saturated heterocycles. The number of benzene rings is 1.